The minimum Gasteiger partial charge on any atom is -0.487 e. The van der Waals surface area contributed by atoms with Crippen LogP contribution in [0.25, 0.3) is 10.9 Å². The molecule has 180 valence electrons. The number of carbonyl (C=O) groups excluding carboxylic acids is 1. The van der Waals surface area contributed by atoms with E-state index in [0.717, 1.165) is 0 Å². The Labute approximate surface area is 199 Å². The maximum Gasteiger partial charge on any atom is 0.407 e. The molecule has 10 nitrogen and oxygen atoms in total. The van der Waals surface area contributed by atoms with Crippen LogP contribution in [0.2, 0.25) is 5.02 Å². The largest absolute Gasteiger partial charge is 0.487 e. The fourth-order valence-electron chi connectivity index (χ4n) is 2.90. The van der Waals surface area contributed by atoms with Crippen LogP contribution in [0.1, 0.15) is 27.2 Å². The summed E-state index contributed by atoms with van der Waals surface area (Å²) in [5.74, 6) is -0.258. The molecule has 34 heavy (non-hydrogen) atoms. The number of alkyl carbamates (subject to hydrolysis) is 1. The Morgan fingerprint density at radius 1 is 1.24 bits per heavy atom. The first kappa shape index (κ1) is 24.9. The van der Waals surface area contributed by atoms with Gasteiger partial charge >= 0.3 is 11.8 Å². The smallest absolute Gasteiger partial charge is 0.407 e. The molecule has 3 aromatic rings. The molecule has 0 unspecified atom stereocenters. The predicted molar refractivity (Wildman–Crippen MR) is 125 cm³/mol. The van der Waals surface area contributed by atoms with Crippen LogP contribution in [0.3, 0.4) is 0 Å². The van der Waals surface area contributed by atoms with Gasteiger partial charge < -0.3 is 20.1 Å². The van der Waals surface area contributed by atoms with Gasteiger partial charge in [-0.3, -0.25) is 10.1 Å². The Morgan fingerprint density at radius 3 is 2.68 bits per heavy atom. The van der Waals surface area contributed by atoms with Gasteiger partial charge in [-0.1, -0.05) is 11.6 Å². The number of nitrogens with zero attached hydrogens (tertiary/aromatic N) is 3. The standard InChI is InChI=1S/C22H23ClFN5O5/c1-22(2,3)34-21(30)25-7-4-8-33-19-11-17-14(10-18(19)29(31)32)20(27-12-26-17)28-13-5-6-16(24)15(23)9-13/h5-6,9-12H,4,7-8H2,1-3H3,(H,25,30)(H,26,27,28). The van der Waals surface area contributed by atoms with Crippen LogP contribution in [-0.2, 0) is 4.74 Å². The number of halogens is 2. The zero-order valence-electron chi connectivity index (χ0n) is 18.7. The molecule has 0 aliphatic rings. The molecule has 0 aliphatic heterocycles. The summed E-state index contributed by atoms with van der Waals surface area (Å²) in [6, 6.07) is 6.78. The zero-order valence-corrected chi connectivity index (χ0v) is 19.5. The van der Waals surface area contributed by atoms with Gasteiger partial charge in [0, 0.05) is 24.4 Å². The molecule has 0 spiro atoms. The van der Waals surface area contributed by atoms with Crippen molar-refractivity contribution in [2.45, 2.75) is 32.8 Å². The van der Waals surface area contributed by atoms with Crippen molar-refractivity contribution in [1.29, 1.82) is 0 Å². The van der Waals surface area contributed by atoms with Gasteiger partial charge in [-0.05, 0) is 45.4 Å². The SMILES string of the molecule is CC(C)(C)OC(=O)NCCCOc1cc2ncnc(Nc3ccc(F)c(Cl)c3)c2cc1[N+](=O)[O-]. The van der Waals surface area contributed by atoms with Crippen molar-refractivity contribution in [2.75, 3.05) is 18.5 Å². The van der Waals surface area contributed by atoms with E-state index in [4.69, 9.17) is 21.1 Å². The second-order valence-corrected chi connectivity index (χ2v) is 8.61. The van der Waals surface area contributed by atoms with Crippen molar-refractivity contribution >= 4 is 45.8 Å². The molecule has 0 aliphatic carbocycles. The summed E-state index contributed by atoms with van der Waals surface area (Å²) < 4.78 is 24.2. The number of carbonyl (C=O) groups is 1. The van der Waals surface area contributed by atoms with Crippen LogP contribution in [0, 0.1) is 15.9 Å². The Balaban J connectivity index is 1.73. The maximum atomic E-state index is 13.4. The van der Waals surface area contributed by atoms with Gasteiger partial charge in [0.1, 0.15) is 23.6 Å². The summed E-state index contributed by atoms with van der Waals surface area (Å²) in [5, 5.41) is 17.5. The lowest BCUT2D eigenvalue weighted by atomic mass is 10.2. The number of ether oxygens (including phenoxy) is 2. The zero-order chi connectivity index (χ0) is 24.9. The molecule has 0 saturated carbocycles. The molecule has 0 saturated heterocycles. The molecule has 0 atom stereocenters. The van der Waals surface area contributed by atoms with E-state index in [9.17, 15) is 19.3 Å². The van der Waals surface area contributed by atoms with E-state index in [1.807, 2.05) is 0 Å². The van der Waals surface area contributed by atoms with Crippen LogP contribution < -0.4 is 15.4 Å². The monoisotopic (exact) mass is 491 g/mol. The average molecular weight is 492 g/mol. The molecule has 3 rings (SSSR count). The van der Waals surface area contributed by atoms with Crippen LogP contribution in [0.4, 0.5) is 26.4 Å². The lowest BCUT2D eigenvalue weighted by molar-refractivity contribution is -0.385. The molecular formula is C22H23ClFN5O5. The molecule has 2 aromatic carbocycles. The van der Waals surface area contributed by atoms with Gasteiger partial charge in [0.2, 0.25) is 0 Å². The lowest BCUT2D eigenvalue weighted by Gasteiger charge is -2.19. The number of nitro groups is 1. The highest BCUT2D eigenvalue weighted by molar-refractivity contribution is 6.31. The summed E-state index contributed by atoms with van der Waals surface area (Å²) in [6.45, 7) is 5.66. The van der Waals surface area contributed by atoms with Crippen molar-refractivity contribution in [2.24, 2.45) is 0 Å². The first-order chi connectivity index (χ1) is 16.0. The number of benzene rings is 2. The Kier molecular flexibility index (Phi) is 7.67. The highest BCUT2D eigenvalue weighted by Crippen LogP contribution is 2.35. The summed E-state index contributed by atoms with van der Waals surface area (Å²) in [4.78, 5) is 31.1. The van der Waals surface area contributed by atoms with Gasteiger partial charge in [-0.15, -0.1) is 0 Å². The molecule has 1 aromatic heterocycles. The third kappa shape index (κ3) is 6.64. The van der Waals surface area contributed by atoms with E-state index in [-0.39, 0.29) is 35.4 Å². The van der Waals surface area contributed by atoms with Crippen molar-refractivity contribution in [3.63, 3.8) is 0 Å². The fourth-order valence-corrected chi connectivity index (χ4v) is 3.08. The Bertz CT molecular complexity index is 1220. The van der Waals surface area contributed by atoms with Crippen LogP contribution in [0.15, 0.2) is 36.7 Å². The number of nitro benzene ring substituents is 1. The number of hydrogen-bond donors (Lipinski definition) is 2. The van der Waals surface area contributed by atoms with Gasteiger partial charge in [-0.25, -0.2) is 19.2 Å². The molecule has 0 radical (unpaired) electrons. The van der Waals surface area contributed by atoms with Crippen LogP contribution >= 0.6 is 11.6 Å². The summed E-state index contributed by atoms with van der Waals surface area (Å²) in [7, 11) is 0. The van der Waals surface area contributed by atoms with Crippen molar-refractivity contribution in [3.05, 3.63) is 57.6 Å². The van der Waals surface area contributed by atoms with Crippen molar-refractivity contribution < 1.29 is 23.6 Å². The molecular weight excluding hydrogens is 469 g/mol. The number of aromatic nitrogens is 2. The van der Waals surface area contributed by atoms with E-state index in [1.165, 1.54) is 36.7 Å². The maximum absolute atomic E-state index is 13.4. The molecule has 12 heteroatoms. The van der Waals surface area contributed by atoms with E-state index in [1.54, 1.807) is 20.8 Å². The number of anilines is 2. The van der Waals surface area contributed by atoms with E-state index >= 15 is 0 Å². The third-order valence-corrected chi connectivity index (χ3v) is 4.63. The first-order valence-electron chi connectivity index (χ1n) is 10.3. The minimum absolute atomic E-state index is 0.0317. The van der Waals surface area contributed by atoms with Gasteiger partial charge in [0.15, 0.2) is 5.75 Å². The molecule has 0 bridgehead atoms. The van der Waals surface area contributed by atoms with Crippen LogP contribution in [-0.4, -0.2) is 39.7 Å². The highest BCUT2D eigenvalue weighted by atomic mass is 35.5. The summed E-state index contributed by atoms with van der Waals surface area (Å²) in [6.07, 6.45) is 1.13. The third-order valence-electron chi connectivity index (χ3n) is 4.34. The first-order valence-corrected chi connectivity index (χ1v) is 10.7. The van der Waals surface area contributed by atoms with Crippen molar-refractivity contribution in [1.82, 2.24) is 15.3 Å². The second-order valence-electron chi connectivity index (χ2n) is 8.20. The number of nitrogens with one attached hydrogen (secondary N) is 2. The molecule has 1 heterocycles. The lowest BCUT2D eigenvalue weighted by Crippen LogP contribution is -2.33. The number of amides is 1. The van der Waals surface area contributed by atoms with Gasteiger partial charge in [0.05, 0.1) is 27.5 Å². The second kappa shape index (κ2) is 10.5. The molecule has 0 fully saturated rings. The predicted octanol–water partition coefficient (Wildman–Crippen LogP) is 5.37. The van der Waals surface area contributed by atoms with Crippen molar-refractivity contribution in [3.8, 4) is 5.75 Å². The highest BCUT2D eigenvalue weighted by Gasteiger charge is 2.20. The fraction of sp³-hybridized carbons (Fsp3) is 0.318. The topological polar surface area (TPSA) is 129 Å². The Hall–Kier alpha value is -3.73. The minimum atomic E-state index is -0.606. The molecule has 1 amide bonds. The normalized spacial score (nSPS) is 11.2. The van der Waals surface area contributed by atoms with Gasteiger partial charge in [-0.2, -0.15) is 0 Å². The van der Waals surface area contributed by atoms with Crippen LogP contribution in [0.5, 0.6) is 5.75 Å². The quantitative estimate of drug-likeness (QED) is 0.244. The van der Waals surface area contributed by atoms with E-state index in [2.05, 4.69) is 20.6 Å². The van der Waals surface area contributed by atoms with E-state index in [0.29, 0.717) is 23.0 Å². The number of rotatable bonds is 8. The Morgan fingerprint density at radius 2 is 2.00 bits per heavy atom. The molecule has 2 N–H and O–H groups in total. The average Bonchev–Trinajstić information content (AvgIpc) is 2.74. The van der Waals surface area contributed by atoms with E-state index < -0.39 is 22.4 Å². The van der Waals surface area contributed by atoms with Gasteiger partial charge in [0.25, 0.3) is 0 Å². The summed E-state index contributed by atoms with van der Waals surface area (Å²) in [5.41, 5.74) is -0.0298. The number of fused-ring (bicyclic) bond motifs is 1. The number of hydrogen-bond acceptors (Lipinski definition) is 8. The summed E-state index contributed by atoms with van der Waals surface area (Å²) >= 11 is 5.82.